The number of ether oxygens (including phenoxy) is 1. The Bertz CT molecular complexity index is 1190. The van der Waals surface area contributed by atoms with Gasteiger partial charge in [0.05, 0.1) is 28.4 Å². The average molecular weight is 464 g/mol. The van der Waals surface area contributed by atoms with Crippen molar-refractivity contribution in [2.75, 3.05) is 18.1 Å². The lowest BCUT2D eigenvalue weighted by Crippen LogP contribution is -2.29. The summed E-state index contributed by atoms with van der Waals surface area (Å²) in [5.41, 5.74) is 2.39. The van der Waals surface area contributed by atoms with Gasteiger partial charge in [0, 0.05) is 23.2 Å². The Morgan fingerprint density at radius 2 is 1.82 bits per heavy atom. The highest BCUT2D eigenvalue weighted by molar-refractivity contribution is 7.09. The van der Waals surface area contributed by atoms with Crippen molar-refractivity contribution in [3.8, 4) is 5.75 Å². The maximum atomic E-state index is 13.0. The SMILES string of the molecule is CCOc1ccc(N2C(=O)c3ccc(C(=O)NCCCCc4nc(C)cs4)cc3C2=O)cc1. The second kappa shape index (κ2) is 9.95. The van der Waals surface area contributed by atoms with Crippen LogP contribution in [0.2, 0.25) is 0 Å². The molecule has 0 saturated heterocycles. The molecule has 0 aliphatic carbocycles. The first-order valence-electron chi connectivity index (χ1n) is 10.9. The number of nitrogens with zero attached hydrogens (tertiary/aromatic N) is 2. The molecule has 0 fully saturated rings. The number of aromatic nitrogens is 1. The summed E-state index contributed by atoms with van der Waals surface area (Å²) in [6.45, 7) is 4.93. The third-order valence-electron chi connectivity index (χ3n) is 5.32. The molecule has 1 aliphatic rings. The van der Waals surface area contributed by atoms with Crippen LogP contribution < -0.4 is 15.0 Å². The van der Waals surface area contributed by atoms with Gasteiger partial charge >= 0.3 is 0 Å². The zero-order chi connectivity index (χ0) is 23.4. The molecular formula is C25H25N3O4S. The quantitative estimate of drug-likeness (QED) is 0.375. The standard InChI is InChI=1S/C25H25N3O4S/c1-3-32-19-10-8-18(9-11-19)28-24(30)20-12-7-17(14-21(20)25(28)31)23(29)26-13-5-4-6-22-27-16(2)15-33-22/h7-12,14-15H,3-6,13H2,1-2H3,(H,26,29). The van der Waals surface area contributed by atoms with Crippen molar-refractivity contribution in [2.45, 2.75) is 33.1 Å². The van der Waals surface area contributed by atoms with Crippen LogP contribution in [0.5, 0.6) is 5.75 Å². The molecule has 3 amide bonds. The lowest BCUT2D eigenvalue weighted by atomic mass is 10.1. The number of rotatable bonds is 9. The third-order valence-corrected chi connectivity index (χ3v) is 6.35. The van der Waals surface area contributed by atoms with Gasteiger partial charge in [-0.3, -0.25) is 14.4 Å². The highest BCUT2D eigenvalue weighted by Gasteiger charge is 2.37. The Hall–Kier alpha value is -3.52. The Morgan fingerprint density at radius 3 is 2.52 bits per heavy atom. The van der Waals surface area contributed by atoms with Gasteiger partial charge in [-0.15, -0.1) is 11.3 Å². The van der Waals surface area contributed by atoms with Crippen molar-refractivity contribution in [2.24, 2.45) is 0 Å². The molecule has 1 N–H and O–H groups in total. The second-order valence-corrected chi connectivity index (χ2v) is 8.67. The van der Waals surface area contributed by atoms with E-state index >= 15 is 0 Å². The molecule has 8 heteroatoms. The molecule has 0 radical (unpaired) electrons. The van der Waals surface area contributed by atoms with E-state index in [9.17, 15) is 14.4 Å². The van der Waals surface area contributed by atoms with E-state index in [2.05, 4.69) is 10.3 Å². The first-order chi connectivity index (χ1) is 16.0. The summed E-state index contributed by atoms with van der Waals surface area (Å²) >= 11 is 1.66. The van der Waals surface area contributed by atoms with Gasteiger partial charge in [-0.05, 0) is 75.6 Å². The summed E-state index contributed by atoms with van der Waals surface area (Å²) in [6, 6.07) is 11.4. The van der Waals surface area contributed by atoms with E-state index in [1.165, 1.54) is 6.07 Å². The fraction of sp³-hybridized carbons (Fsp3) is 0.280. The van der Waals surface area contributed by atoms with Crippen LogP contribution in [0, 0.1) is 6.92 Å². The van der Waals surface area contributed by atoms with Crippen LogP contribution in [0.15, 0.2) is 47.8 Å². The number of benzene rings is 2. The number of amides is 3. The number of fused-ring (bicyclic) bond motifs is 1. The summed E-state index contributed by atoms with van der Waals surface area (Å²) < 4.78 is 5.42. The molecule has 2 aromatic carbocycles. The summed E-state index contributed by atoms with van der Waals surface area (Å²) in [4.78, 5) is 43.9. The van der Waals surface area contributed by atoms with Crippen LogP contribution >= 0.6 is 11.3 Å². The van der Waals surface area contributed by atoms with Crippen molar-refractivity contribution in [3.63, 3.8) is 0 Å². The fourth-order valence-electron chi connectivity index (χ4n) is 3.70. The molecule has 0 saturated carbocycles. The van der Waals surface area contributed by atoms with Crippen molar-refractivity contribution in [1.82, 2.24) is 10.3 Å². The zero-order valence-electron chi connectivity index (χ0n) is 18.6. The van der Waals surface area contributed by atoms with Gasteiger partial charge in [-0.2, -0.15) is 0 Å². The molecule has 0 bridgehead atoms. The highest BCUT2D eigenvalue weighted by Crippen LogP contribution is 2.30. The van der Waals surface area contributed by atoms with Gasteiger partial charge < -0.3 is 10.1 Å². The highest BCUT2D eigenvalue weighted by atomic mass is 32.1. The molecule has 4 rings (SSSR count). The maximum absolute atomic E-state index is 13.0. The first-order valence-corrected chi connectivity index (χ1v) is 11.8. The number of nitrogens with one attached hydrogen (secondary N) is 1. The number of hydrogen-bond acceptors (Lipinski definition) is 6. The van der Waals surface area contributed by atoms with E-state index in [1.54, 1.807) is 47.7 Å². The second-order valence-electron chi connectivity index (χ2n) is 7.73. The van der Waals surface area contributed by atoms with Gasteiger partial charge in [0.1, 0.15) is 5.75 Å². The average Bonchev–Trinajstić information content (AvgIpc) is 3.34. The minimum Gasteiger partial charge on any atom is -0.494 e. The Morgan fingerprint density at radius 1 is 1.06 bits per heavy atom. The fourth-order valence-corrected chi connectivity index (χ4v) is 4.52. The van der Waals surface area contributed by atoms with E-state index in [1.807, 2.05) is 19.2 Å². The normalized spacial score (nSPS) is 12.7. The van der Waals surface area contributed by atoms with Crippen LogP contribution in [0.25, 0.3) is 0 Å². The van der Waals surface area contributed by atoms with E-state index in [0.29, 0.717) is 35.7 Å². The number of imide groups is 1. The number of carbonyl (C=O) groups is 3. The van der Waals surface area contributed by atoms with E-state index in [-0.39, 0.29) is 11.5 Å². The smallest absolute Gasteiger partial charge is 0.266 e. The number of anilines is 1. The largest absolute Gasteiger partial charge is 0.494 e. The van der Waals surface area contributed by atoms with Crippen LogP contribution in [-0.2, 0) is 6.42 Å². The van der Waals surface area contributed by atoms with Gasteiger partial charge in [-0.1, -0.05) is 0 Å². The molecule has 0 atom stereocenters. The predicted molar refractivity (Wildman–Crippen MR) is 127 cm³/mol. The minimum atomic E-state index is -0.437. The molecule has 33 heavy (non-hydrogen) atoms. The van der Waals surface area contributed by atoms with Crippen molar-refractivity contribution in [1.29, 1.82) is 0 Å². The topological polar surface area (TPSA) is 88.6 Å². The molecule has 170 valence electrons. The van der Waals surface area contributed by atoms with Gasteiger partial charge in [0.15, 0.2) is 0 Å². The number of unbranched alkanes of at least 4 members (excludes halogenated alkanes) is 1. The molecular weight excluding hydrogens is 438 g/mol. The summed E-state index contributed by atoms with van der Waals surface area (Å²) in [6.07, 6.45) is 2.66. The summed E-state index contributed by atoms with van der Waals surface area (Å²) in [7, 11) is 0. The lowest BCUT2D eigenvalue weighted by Gasteiger charge is -2.14. The van der Waals surface area contributed by atoms with Crippen molar-refractivity contribution in [3.05, 3.63) is 75.2 Å². The van der Waals surface area contributed by atoms with Gasteiger partial charge in [0.2, 0.25) is 0 Å². The molecule has 1 aliphatic heterocycles. The van der Waals surface area contributed by atoms with Crippen LogP contribution in [0.1, 0.15) is 61.5 Å². The Kier molecular flexibility index (Phi) is 6.84. The molecule has 0 unspecified atom stereocenters. The third kappa shape index (κ3) is 4.96. The van der Waals surface area contributed by atoms with Crippen molar-refractivity contribution < 1.29 is 19.1 Å². The van der Waals surface area contributed by atoms with Crippen LogP contribution in [0.3, 0.4) is 0 Å². The van der Waals surface area contributed by atoms with Gasteiger partial charge in [0.25, 0.3) is 17.7 Å². The number of carbonyl (C=O) groups excluding carboxylic acids is 3. The van der Waals surface area contributed by atoms with Crippen molar-refractivity contribution >= 4 is 34.7 Å². The first kappa shape index (κ1) is 22.7. The van der Waals surface area contributed by atoms with Gasteiger partial charge in [-0.25, -0.2) is 9.88 Å². The van der Waals surface area contributed by atoms with E-state index in [4.69, 9.17) is 4.74 Å². The van der Waals surface area contributed by atoms with E-state index in [0.717, 1.165) is 34.9 Å². The Labute approximate surface area is 196 Å². The zero-order valence-corrected chi connectivity index (χ0v) is 19.4. The maximum Gasteiger partial charge on any atom is 0.266 e. The molecule has 7 nitrogen and oxygen atoms in total. The number of thiazole rings is 1. The number of hydrogen-bond donors (Lipinski definition) is 1. The summed E-state index contributed by atoms with van der Waals surface area (Å²) in [5.74, 6) is -0.433. The number of aryl methyl sites for hydroxylation is 2. The molecule has 1 aromatic heterocycles. The van der Waals surface area contributed by atoms with Crippen LogP contribution in [-0.4, -0.2) is 35.9 Å². The lowest BCUT2D eigenvalue weighted by molar-refractivity contribution is 0.0923. The predicted octanol–water partition coefficient (Wildman–Crippen LogP) is 4.40. The van der Waals surface area contributed by atoms with Crippen LogP contribution in [0.4, 0.5) is 5.69 Å². The molecule has 3 aromatic rings. The summed E-state index contributed by atoms with van der Waals surface area (Å²) in [5, 5.41) is 6.03. The monoisotopic (exact) mass is 463 g/mol. The Balaban J connectivity index is 1.37. The molecule has 2 heterocycles. The minimum absolute atomic E-state index is 0.237. The van der Waals surface area contributed by atoms with E-state index < -0.39 is 11.8 Å². The molecule has 0 spiro atoms.